The summed E-state index contributed by atoms with van der Waals surface area (Å²) in [5.74, 6) is 5.91. The molecule has 1 rings (SSSR count). The van der Waals surface area contributed by atoms with Gasteiger partial charge in [0.05, 0.1) is 0 Å². The normalized spacial score (nSPS) is 9.17. The number of aromatic nitrogens is 2. The molecule has 2 nitrogen and oxygen atoms in total. The van der Waals surface area contributed by atoms with Crippen LogP contribution in [0.4, 0.5) is 0 Å². The average Bonchev–Trinajstić information content (AvgIpc) is 2.52. The first-order valence-electron chi connectivity index (χ1n) is 3.83. The van der Waals surface area contributed by atoms with Gasteiger partial charge in [0.2, 0.25) is 0 Å². The quantitative estimate of drug-likeness (QED) is 0.523. The maximum Gasteiger partial charge on any atom is 0.167 e. The fraction of sp³-hybridized carbons (Fsp3) is 0.444. The van der Waals surface area contributed by atoms with Crippen LogP contribution in [0.15, 0.2) is 17.6 Å². The molecule has 0 radical (unpaired) electrons. The summed E-state index contributed by atoms with van der Waals surface area (Å²) in [7, 11) is 0. The number of imidazole rings is 1. The molecule has 0 aliphatic rings. The summed E-state index contributed by atoms with van der Waals surface area (Å²) in [6.45, 7) is 2.81. The fourth-order valence-corrected chi connectivity index (χ4v) is 1.51. The second-order valence-corrected chi connectivity index (χ2v) is 3.06. The molecule has 0 fully saturated rings. The molecule has 0 atom stereocenters. The highest BCUT2D eigenvalue weighted by atomic mass is 32.2. The van der Waals surface area contributed by atoms with Crippen LogP contribution in [0.1, 0.15) is 13.3 Å². The fourth-order valence-electron chi connectivity index (χ4n) is 0.957. The minimum absolute atomic E-state index is 0.903. The molecule has 0 bridgehead atoms. The molecule has 1 aromatic heterocycles. The largest absolute Gasteiger partial charge is 0.325 e. The van der Waals surface area contributed by atoms with Crippen LogP contribution in [-0.2, 0) is 6.54 Å². The summed E-state index contributed by atoms with van der Waals surface area (Å²) in [5, 5.41) is 1.06. The van der Waals surface area contributed by atoms with Gasteiger partial charge in [-0.2, -0.15) is 0 Å². The third-order valence-electron chi connectivity index (χ3n) is 1.51. The Balaban J connectivity index is 2.54. The van der Waals surface area contributed by atoms with Crippen LogP contribution >= 0.6 is 11.8 Å². The smallest absolute Gasteiger partial charge is 0.167 e. The summed E-state index contributed by atoms with van der Waals surface area (Å²) in [6, 6.07) is 0. The number of thioether (sulfide) groups is 1. The second-order valence-electron chi connectivity index (χ2n) is 2.28. The zero-order chi connectivity index (χ0) is 8.81. The van der Waals surface area contributed by atoms with Crippen LogP contribution in [0.2, 0.25) is 0 Å². The molecule has 0 unspecified atom stereocenters. The number of aryl methyl sites for hydroxylation is 1. The van der Waals surface area contributed by atoms with E-state index in [0.29, 0.717) is 0 Å². The van der Waals surface area contributed by atoms with Gasteiger partial charge in [0.15, 0.2) is 5.16 Å². The average molecular weight is 180 g/mol. The maximum atomic E-state index is 4.19. The van der Waals surface area contributed by atoms with Gasteiger partial charge in [-0.3, -0.25) is 0 Å². The molecule has 0 spiro atoms. The van der Waals surface area contributed by atoms with Crippen molar-refractivity contribution in [1.29, 1.82) is 0 Å². The van der Waals surface area contributed by atoms with E-state index in [4.69, 9.17) is 0 Å². The van der Waals surface area contributed by atoms with Crippen molar-refractivity contribution in [3.63, 3.8) is 0 Å². The first-order chi connectivity index (χ1) is 5.88. The van der Waals surface area contributed by atoms with Gasteiger partial charge >= 0.3 is 0 Å². The predicted molar refractivity (Wildman–Crippen MR) is 52.1 cm³/mol. The lowest BCUT2D eigenvalue weighted by molar-refractivity contribution is 0.650. The van der Waals surface area contributed by atoms with E-state index in [1.807, 2.05) is 25.6 Å². The third kappa shape index (κ3) is 2.31. The summed E-state index contributed by atoms with van der Waals surface area (Å²) in [6.07, 6.45) is 6.75. The lowest BCUT2D eigenvalue weighted by Crippen LogP contribution is -1.96. The zero-order valence-corrected chi connectivity index (χ0v) is 8.19. The maximum absolute atomic E-state index is 4.19. The monoisotopic (exact) mass is 180 g/mol. The van der Waals surface area contributed by atoms with E-state index < -0.39 is 0 Å². The number of nitrogens with zero attached hydrogens (tertiary/aromatic N) is 2. The standard InChI is InChI=1S/C9H12N2S/c1-3-4-5-7-11-8-6-10-9(11)12-2/h6,8H,5,7H2,1-2H3. The Morgan fingerprint density at radius 3 is 3.17 bits per heavy atom. The predicted octanol–water partition coefficient (Wildman–Crippen LogP) is 2.02. The van der Waals surface area contributed by atoms with E-state index in [1.165, 1.54) is 0 Å². The molecule has 0 aliphatic heterocycles. The molecule has 0 N–H and O–H groups in total. The van der Waals surface area contributed by atoms with Crippen molar-refractivity contribution in [3.05, 3.63) is 12.4 Å². The van der Waals surface area contributed by atoms with Crippen LogP contribution < -0.4 is 0 Å². The van der Waals surface area contributed by atoms with Crippen molar-refractivity contribution in [2.24, 2.45) is 0 Å². The third-order valence-corrected chi connectivity index (χ3v) is 2.22. The zero-order valence-electron chi connectivity index (χ0n) is 7.37. The Labute approximate surface area is 77.4 Å². The highest BCUT2D eigenvalue weighted by Gasteiger charge is 1.97. The van der Waals surface area contributed by atoms with Crippen molar-refractivity contribution in [3.8, 4) is 11.8 Å². The van der Waals surface area contributed by atoms with Gasteiger partial charge in [0.1, 0.15) is 0 Å². The second kappa shape index (κ2) is 4.89. The van der Waals surface area contributed by atoms with Gasteiger partial charge in [-0.1, -0.05) is 11.8 Å². The van der Waals surface area contributed by atoms with Gasteiger partial charge in [-0.25, -0.2) is 4.98 Å². The molecule has 64 valence electrons. The van der Waals surface area contributed by atoms with Crippen molar-refractivity contribution >= 4 is 11.8 Å². The summed E-state index contributed by atoms with van der Waals surface area (Å²) in [5.41, 5.74) is 0. The van der Waals surface area contributed by atoms with E-state index in [0.717, 1.165) is 18.1 Å². The lowest BCUT2D eigenvalue weighted by Gasteiger charge is -2.01. The Bertz CT molecular complexity index is 293. The van der Waals surface area contributed by atoms with E-state index in [-0.39, 0.29) is 0 Å². The van der Waals surface area contributed by atoms with E-state index in [9.17, 15) is 0 Å². The lowest BCUT2D eigenvalue weighted by atomic mass is 10.4. The Hall–Kier alpha value is -0.880. The summed E-state index contributed by atoms with van der Waals surface area (Å²) < 4.78 is 2.12. The first-order valence-corrected chi connectivity index (χ1v) is 5.05. The molecule has 0 aliphatic carbocycles. The summed E-state index contributed by atoms with van der Waals surface area (Å²) >= 11 is 1.66. The van der Waals surface area contributed by atoms with Crippen molar-refractivity contribution in [2.45, 2.75) is 25.0 Å². The highest BCUT2D eigenvalue weighted by molar-refractivity contribution is 7.98. The first kappa shape index (κ1) is 9.21. The van der Waals surface area contributed by atoms with Crippen molar-refractivity contribution in [1.82, 2.24) is 9.55 Å². The van der Waals surface area contributed by atoms with E-state index in [1.54, 1.807) is 11.8 Å². The minimum Gasteiger partial charge on any atom is -0.325 e. The molecule has 1 aromatic rings. The SMILES string of the molecule is CC#CCCn1ccnc1SC. The van der Waals surface area contributed by atoms with Gasteiger partial charge in [-0.05, 0) is 13.2 Å². The van der Waals surface area contributed by atoms with Gasteiger partial charge < -0.3 is 4.57 Å². The number of rotatable bonds is 3. The Morgan fingerprint density at radius 1 is 1.67 bits per heavy atom. The van der Waals surface area contributed by atoms with Crippen LogP contribution in [0.3, 0.4) is 0 Å². The topological polar surface area (TPSA) is 17.8 Å². The van der Waals surface area contributed by atoms with Gasteiger partial charge in [0, 0.05) is 25.4 Å². The van der Waals surface area contributed by atoms with Gasteiger partial charge in [-0.15, -0.1) is 11.8 Å². The van der Waals surface area contributed by atoms with Gasteiger partial charge in [0.25, 0.3) is 0 Å². The highest BCUT2D eigenvalue weighted by Crippen LogP contribution is 2.11. The van der Waals surface area contributed by atoms with Crippen LogP contribution in [-0.4, -0.2) is 15.8 Å². The van der Waals surface area contributed by atoms with E-state index in [2.05, 4.69) is 21.4 Å². The molecule has 0 saturated heterocycles. The molecule has 1 heterocycles. The molecular weight excluding hydrogens is 168 g/mol. The molecular formula is C9H12N2S. The minimum atomic E-state index is 0.903. The van der Waals surface area contributed by atoms with Crippen molar-refractivity contribution < 1.29 is 0 Å². The number of hydrogen-bond acceptors (Lipinski definition) is 2. The molecule has 0 amide bonds. The molecule has 12 heavy (non-hydrogen) atoms. The van der Waals surface area contributed by atoms with E-state index >= 15 is 0 Å². The van der Waals surface area contributed by atoms with Crippen LogP contribution in [0.5, 0.6) is 0 Å². The molecule has 0 saturated carbocycles. The summed E-state index contributed by atoms with van der Waals surface area (Å²) in [4.78, 5) is 4.19. The van der Waals surface area contributed by atoms with Crippen molar-refractivity contribution in [2.75, 3.05) is 6.26 Å². The molecule has 0 aromatic carbocycles. The molecule has 3 heteroatoms. The Kier molecular flexibility index (Phi) is 3.75. The Morgan fingerprint density at radius 2 is 2.50 bits per heavy atom. The number of hydrogen-bond donors (Lipinski definition) is 0. The van der Waals surface area contributed by atoms with Crippen LogP contribution in [0, 0.1) is 11.8 Å². The van der Waals surface area contributed by atoms with Crippen LogP contribution in [0.25, 0.3) is 0 Å².